The van der Waals surface area contributed by atoms with Gasteiger partial charge in [-0.05, 0) is 43.9 Å². The smallest absolute Gasteiger partial charge is 0.289 e. The average molecular weight is 398 g/mol. The van der Waals surface area contributed by atoms with Gasteiger partial charge in [0.2, 0.25) is 12.7 Å². The van der Waals surface area contributed by atoms with E-state index in [1.807, 2.05) is 0 Å². The number of fused-ring (bicyclic) bond motifs is 1. The van der Waals surface area contributed by atoms with Crippen LogP contribution in [0.4, 0.5) is 5.69 Å². The second-order valence-electron chi connectivity index (χ2n) is 7.30. The number of carbonyl (C=O) groups is 3. The van der Waals surface area contributed by atoms with Crippen molar-refractivity contribution < 1.29 is 28.3 Å². The van der Waals surface area contributed by atoms with Crippen molar-refractivity contribution in [3.63, 3.8) is 0 Å². The molecule has 8 heteroatoms. The third-order valence-corrected chi connectivity index (χ3v) is 5.18. The Morgan fingerprint density at radius 3 is 2.72 bits per heavy atom. The van der Waals surface area contributed by atoms with E-state index in [9.17, 15) is 14.4 Å². The summed E-state index contributed by atoms with van der Waals surface area (Å²) in [5.74, 6) is 0.801. The zero-order valence-corrected chi connectivity index (χ0v) is 16.1. The van der Waals surface area contributed by atoms with Crippen LogP contribution in [-0.4, -0.2) is 42.4 Å². The van der Waals surface area contributed by atoms with E-state index in [0.29, 0.717) is 41.6 Å². The van der Waals surface area contributed by atoms with Crippen LogP contribution in [0.5, 0.6) is 11.5 Å². The molecule has 2 amide bonds. The molecule has 8 nitrogen and oxygen atoms in total. The van der Waals surface area contributed by atoms with Crippen molar-refractivity contribution in [3.8, 4) is 11.5 Å². The summed E-state index contributed by atoms with van der Waals surface area (Å²) in [6.07, 6.45) is 3.41. The highest BCUT2D eigenvalue weighted by atomic mass is 16.7. The van der Waals surface area contributed by atoms with Gasteiger partial charge in [-0.1, -0.05) is 0 Å². The van der Waals surface area contributed by atoms with Crippen molar-refractivity contribution in [2.45, 2.75) is 26.2 Å². The van der Waals surface area contributed by atoms with E-state index in [2.05, 4.69) is 5.32 Å². The van der Waals surface area contributed by atoms with Crippen LogP contribution in [0.25, 0.3) is 0 Å². The van der Waals surface area contributed by atoms with Crippen molar-refractivity contribution >= 4 is 23.3 Å². The van der Waals surface area contributed by atoms with Crippen LogP contribution in [0.3, 0.4) is 0 Å². The molecule has 1 aromatic heterocycles. The molecule has 4 rings (SSSR count). The SMILES string of the molecule is CC(=O)c1cc2c(cc1NC(=O)C[C@@H]1CCCN(C(=O)c3ccco3)C1)OCO2. The van der Waals surface area contributed by atoms with E-state index in [1.165, 1.54) is 13.2 Å². The highest BCUT2D eigenvalue weighted by Crippen LogP contribution is 2.37. The fourth-order valence-corrected chi connectivity index (χ4v) is 3.77. The van der Waals surface area contributed by atoms with Crippen LogP contribution in [0.15, 0.2) is 34.9 Å². The minimum absolute atomic E-state index is 0.0393. The molecule has 1 N–H and O–H groups in total. The normalized spacial score (nSPS) is 17.8. The van der Waals surface area contributed by atoms with Crippen LogP contribution in [0.2, 0.25) is 0 Å². The molecule has 1 atom stereocenters. The molecule has 0 spiro atoms. The molecule has 3 heterocycles. The van der Waals surface area contributed by atoms with Gasteiger partial charge in [0.25, 0.3) is 5.91 Å². The third-order valence-electron chi connectivity index (χ3n) is 5.18. The number of likely N-dealkylation sites (tertiary alicyclic amines) is 1. The van der Waals surface area contributed by atoms with Gasteiger partial charge >= 0.3 is 0 Å². The summed E-state index contributed by atoms with van der Waals surface area (Å²) in [6, 6.07) is 6.52. The molecule has 0 unspecified atom stereocenters. The van der Waals surface area contributed by atoms with E-state index in [-0.39, 0.29) is 36.7 Å². The number of anilines is 1. The maximum absolute atomic E-state index is 12.6. The predicted octanol–water partition coefficient (Wildman–Crippen LogP) is 3.09. The molecule has 29 heavy (non-hydrogen) atoms. The Balaban J connectivity index is 1.41. The first-order valence-electron chi connectivity index (χ1n) is 9.58. The number of amides is 2. The molecule has 0 bridgehead atoms. The number of rotatable bonds is 5. The van der Waals surface area contributed by atoms with Crippen LogP contribution < -0.4 is 14.8 Å². The van der Waals surface area contributed by atoms with E-state index >= 15 is 0 Å². The molecule has 2 aliphatic heterocycles. The second kappa shape index (κ2) is 7.98. The Kier molecular flexibility index (Phi) is 5.24. The number of nitrogens with one attached hydrogen (secondary N) is 1. The van der Waals surface area contributed by atoms with Crippen molar-refractivity contribution in [3.05, 3.63) is 41.9 Å². The molecule has 0 saturated carbocycles. The van der Waals surface area contributed by atoms with Crippen LogP contribution >= 0.6 is 0 Å². The summed E-state index contributed by atoms with van der Waals surface area (Å²) in [5.41, 5.74) is 0.784. The number of carbonyl (C=O) groups excluding carboxylic acids is 3. The minimum atomic E-state index is -0.205. The number of benzene rings is 1. The molecular weight excluding hydrogens is 376 g/mol. The highest BCUT2D eigenvalue weighted by Gasteiger charge is 2.28. The quantitative estimate of drug-likeness (QED) is 0.777. The molecule has 0 radical (unpaired) electrons. The number of Topliss-reactive ketones (excluding diaryl/α,β-unsaturated/α-hetero) is 1. The summed E-state index contributed by atoms with van der Waals surface area (Å²) in [7, 11) is 0. The summed E-state index contributed by atoms with van der Waals surface area (Å²) in [5, 5.41) is 2.82. The lowest BCUT2D eigenvalue weighted by molar-refractivity contribution is -0.117. The Hall–Kier alpha value is -3.29. The first kappa shape index (κ1) is 19.0. The number of nitrogens with zero attached hydrogens (tertiary/aromatic N) is 1. The summed E-state index contributed by atoms with van der Waals surface area (Å²) < 4.78 is 15.8. The highest BCUT2D eigenvalue weighted by molar-refractivity contribution is 6.04. The molecule has 0 aliphatic carbocycles. The fourth-order valence-electron chi connectivity index (χ4n) is 3.77. The molecule has 1 saturated heterocycles. The van der Waals surface area contributed by atoms with Gasteiger partial charge in [0.05, 0.1) is 12.0 Å². The Bertz CT molecular complexity index is 937. The first-order chi connectivity index (χ1) is 14.0. The van der Waals surface area contributed by atoms with E-state index in [4.69, 9.17) is 13.9 Å². The molecule has 2 aliphatic rings. The van der Waals surface area contributed by atoms with Gasteiger partial charge in [-0.2, -0.15) is 0 Å². The fraction of sp³-hybridized carbons (Fsp3) is 0.381. The lowest BCUT2D eigenvalue weighted by atomic mass is 9.94. The van der Waals surface area contributed by atoms with Crippen molar-refractivity contribution in [2.75, 3.05) is 25.2 Å². The standard InChI is InChI=1S/C21H22N2O6/c1-13(24)15-9-18-19(29-12-28-18)10-16(15)22-20(25)8-14-4-2-6-23(11-14)21(26)17-5-3-7-27-17/h3,5,7,9-10,14H,2,4,6,8,11-12H2,1H3,(H,22,25)/t14-/m0/s1. The maximum atomic E-state index is 12.6. The summed E-state index contributed by atoms with van der Waals surface area (Å²) in [6.45, 7) is 2.67. The van der Waals surface area contributed by atoms with Crippen molar-refractivity contribution in [1.29, 1.82) is 0 Å². The van der Waals surface area contributed by atoms with Crippen LogP contribution in [0, 0.1) is 5.92 Å². The van der Waals surface area contributed by atoms with Crippen molar-refractivity contribution in [2.24, 2.45) is 5.92 Å². The van der Waals surface area contributed by atoms with E-state index < -0.39 is 0 Å². The largest absolute Gasteiger partial charge is 0.459 e. The topological polar surface area (TPSA) is 98.1 Å². The van der Waals surface area contributed by atoms with Crippen LogP contribution in [-0.2, 0) is 4.79 Å². The Morgan fingerprint density at radius 1 is 1.21 bits per heavy atom. The number of furan rings is 1. The third kappa shape index (κ3) is 4.11. The minimum Gasteiger partial charge on any atom is -0.459 e. The Labute approximate surface area is 167 Å². The molecule has 1 aromatic carbocycles. The summed E-state index contributed by atoms with van der Waals surface area (Å²) >= 11 is 0. The van der Waals surface area contributed by atoms with Gasteiger partial charge in [-0.25, -0.2) is 0 Å². The molecular formula is C21H22N2O6. The van der Waals surface area contributed by atoms with Crippen molar-refractivity contribution in [1.82, 2.24) is 4.90 Å². The van der Waals surface area contributed by atoms with E-state index in [0.717, 1.165) is 12.8 Å². The average Bonchev–Trinajstić information content (AvgIpc) is 3.38. The predicted molar refractivity (Wildman–Crippen MR) is 103 cm³/mol. The number of piperidine rings is 1. The Morgan fingerprint density at radius 2 is 2.00 bits per heavy atom. The first-order valence-corrected chi connectivity index (χ1v) is 9.58. The molecule has 152 valence electrons. The van der Waals surface area contributed by atoms with Gasteiger partial charge in [0.15, 0.2) is 23.0 Å². The van der Waals surface area contributed by atoms with E-state index in [1.54, 1.807) is 29.2 Å². The summed E-state index contributed by atoms with van der Waals surface area (Å²) in [4.78, 5) is 38.8. The zero-order chi connectivity index (χ0) is 20.4. The van der Waals surface area contributed by atoms with Gasteiger partial charge in [-0.15, -0.1) is 0 Å². The van der Waals surface area contributed by atoms with Gasteiger partial charge in [0, 0.05) is 31.1 Å². The zero-order valence-electron chi connectivity index (χ0n) is 16.1. The van der Waals surface area contributed by atoms with Gasteiger partial charge in [-0.3, -0.25) is 14.4 Å². The lowest BCUT2D eigenvalue weighted by Crippen LogP contribution is -2.40. The number of ketones is 1. The molecule has 1 fully saturated rings. The van der Waals surface area contributed by atoms with Gasteiger partial charge in [0.1, 0.15) is 0 Å². The van der Waals surface area contributed by atoms with Gasteiger partial charge < -0.3 is 24.1 Å². The second-order valence-corrected chi connectivity index (χ2v) is 7.30. The van der Waals surface area contributed by atoms with Crippen LogP contribution in [0.1, 0.15) is 47.1 Å². The number of hydrogen-bond acceptors (Lipinski definition) is 6. The number of hydrogen-bond donors (Lipinski definition) is 1. The lowest BCUT2D eigenvalue weighted by Gasteiger charge is -2.32. The maximum Gasteiger partial charge on any atom is 0.289 e. The number of ether oxygens (including phenoxy) is 2. The monoisotopic (exact) mass is 398 g/mol. The molecule has 2 aromatic rings.